The summed E-state index contributed by atoms with van der Waals surface area (Å²) >= 11 is 0. The molecule has 0 aliphatic carbocycles. The van der Waals surface area contributed by atoms with Crippen LogP contribution in [-0.4, -0.2) is 42.3 Å². The van der Waals surface area contributed by atoms with Gasteiger partial charge in [-0.3, -0.25) is 0 Å². The third kappa shape index (κ3) is 7.35. The van der Waals surface area contributed by atoms with Crippen LogP contribution >= 0.6 is 0 Å². The van der Waals surface area contributed by atoms with Gasteiger partial charge in [-0.1, -0.05) is 24.3 Å². The molecular formula is C26H31N3O3. The maximum Gasteiger partial charge on any atom is 0.410 e. The second-order valence-corrected chi connectivity index (χ2v) is 8.83. The number of amides is 1. The zero-order chi connectivity index (χ0) is 23.0. The summed E-state index contributed by atoms with van der Waals surface area (Å²) in [5.74, 6) is 0.829. The first kappa shape index (κ1) is 23.2. The lowest BCUT2D eigenvalue weighted by molar-refractivity contribution is 0.0126. The molecule has 1 aliphatic heterocycles. The van der Waals surface area contributed by atoms with E-state index in [-0.39, 0.29) is 12.2 Å². The molecule has 0 spiro atoms. The summed E-state index contributed by atoms with van der Waals surface area (Å²) < 4.78 is 11.5. The number of nitriles is 1. The highest BCUT2D eigenvalue weighted by atomic mass is 16.6. The number of carbonyl (C=O) groups is 1. The number of benzene rings is 2. The first-order valence-corrected chi connectivity index (χ1v) is 11.0. The first-order chi connectivity index (χ1) is 15.3. The lowest BCUT2D eigenvalue weighted by atomic mass is 10.1. The largest absolute Gasteiger partial charge is 0.490 e. The van der Waals surface area contributed by atoms with E-state index in [1.807, 2.05) is 75.4 Å². The molecule has 1 N–H and O–H groups in total. The van der Waals surface area contributed by atoms with Crippen molar-refractivity contribution in [2.75, 3.05) is 25.0 Å². The van der Waals surface area contributed by atoms with Crippen molar-refractivity contribution in [3.05, 3.63) is 65.7 Å². The number of nitrogens with one attached hydrogen (secondary N) is 1. The van der Waals surface area contributed by atoms with Gasteiger partial charge in [-0.05, 0) is 62.7 Å². The van der Waals surface area contributed by atoms with Crippen LogP contribution in [0.5, 0.6) is 5.75 Å². The number of hydrogen-bond donors (Lipinski definition) is 1. The highest BCUT2D eigenvalue weighted by Gasteiger charge is 2.27. The van der Waals surface area contributed by atoms with Gasteiger partial charge in [-0.15, -0.1) is 0 Å². The Morgan fingerprint density at radius 3 is 2.56 bits per heavy atom. The van der Waals surface area contributed by atoms with Crippen LogP contribution in [0, 0.1) is 11.3 Å². The van der Waals surface area contributed by atoms with E-state index in [9.17, 15) is 4.79 Å². The van der Waals surface area contributed by atoms with Gasteiger partial charge in [0.1, 0.15) is 17.5 Å². The first-order valence-electron chi connectivity index (χ1n) is 11.0. The molecule has 1 heterocycles. The normalized spacial score (nSPS) is 14.8. The van der Waals surface area contributed by atoms with E-state index in [1.54, 1.807) is 11.0 Å². The molecule has 3 rings (SSSR count). The van der Waals surface area contributed by atoms with Crippen molar-refractivity contribution in [3.8, 4) is 11.8 Å². The number of hydrogen-bond acceptors (Lipinski definition) is 5. The van der Waals surface area contributed by atoms with Gasteiger partial charge in [0.05, 0.1) is 11.6 Å². The van der Waals surface area contributed by atoms with Crippen LogP contribution in [-0.2, 0) is 4.74 Å². The van der Waals surface area contributed by atoms with Crippen LogP contribution in [0.25, 0.3) is 6.08 Å². The summed E-state index contributed by atoms with van der Waals surface area (Å²) in [5.41, 5.74) is 2.20. The number of piperidine rings is 1. The molecule has 1 fully saturated rings. The van der Waals surface area contributed by atoms with E-state index in [0.717, 1.165) is 29.8 Å². The molecular weight excluding hydrogens is 402 g/mol. The highest BCUT2D eigenvalue weighted by Crippen LogP contribution is 2.22. The van der Waals surface area contributed by atoms with Gasteiger partial charge in [-0.2, -0.15) is 5.26 Å². The second-order valence-electron chi connectivity index (χ2n) is 8.83. The molecule has 0 bridgehead atoms. The van der Waals surface area contributed by atoms with Gasteiger partial charge in [-0.25, -0.2) is 4.79 Å². The smallest absolute Gasteiger partial charge is 0.410 e. The van der Waals surface area contributed by atoms with Crippen molar-refractivity contribution < 1.29 is 14.3 Å². The number of nitrogens with zero attached hydrogens (tertiary/aromatic N) is 2. The predicted molar refractivity (Wildman–Crippen MR) is 127 cm³/mol. The van der Waals surface area contributed by atoms with Gasteiger partial charge < -0.3 is 19.7 Å². The summed E-state index contributed by atoms with van der Waals surface area (Å²) in [7, 11) is 0. The molecule has 6 heteroatoms. The molecule has 0 unspecified atom stereocenters. The van der Waals surface area contributed by atoms with E-state index in [0.29, 0.717) is 25.2 Å². The van der Waals surface area contributed by atoms with E-state index in [2.05, 4.69) is 11.4 Å². The van der Waals surface area contributed by atoms with E-state index >= 15 is 0 Å². The minimum atomic E-state index is -0.474. The Kier molecular flexibility index (Phi) is 7.77. The van der Waals surface area contributed by atoms with Crippen molar-refractivity contribution in [2.45, 2.75) is 45.3 Å². The molecule has 6 nitrogen and oxygen atoms in total. The minimum Gasteiger partial charge on any atom is -0.490 e. The molecule has 2 aromatic carbocycles. The molecule has 32 heavy (non-hydrogen) atoms. The molecule has 168 valence electrons. The number of rotatable bonds is 6. The van der Waals surface area contributed by atoms with Gasteiger partial charge in [0.15, 0.2) is 0 Å². The summed E-state index contributed by atoms with van der Waals surface area (Å²) in [6, 6.07) is 17.6. The maximum absolute atomic E-state index is 12.2. The van der Waals surface area contributed by atoms with E-state index in [1.165, 1.54) is 0 Å². The van der Waals surface area contributed by atoms with Gasteiger partial charge >= 0.3 is 6.09 Å². The molecule has 2 aromatic rings. The predicted octanol–water partition coefficient (Wildman–Crippen LogP) is 5.46. The fourth-order valence-electron chi connectivity index (χ4n) is 3.41. The van der Waals surface area contributed by atoms with E-state index < -0.39 is 5.60 Å². The fraction of sp³-hybridized carbons (Fsp3) is 0.385. The SMILES string of the molecule is CC(C)(C)OC(=O)N1CCC(Oc2ccc(NCC=Cc3cccc(C#N)c3)cc2)CC1. The van der Waals surface area contributed by atoms with Gasteiger partial charge in [0.2, 0.25) is 0 Å². The van der Waals surface area contributed by atoms with Crippen LogP contribution in [0.4, 0.5) is 10.5 Å². The van der Waals surface area contributed by atoms with Crippen molar-refractivity contribution in [1.82, 2.24) is 4.90 Å². The molecule has 0 atom stereocenters. The summed E-state index contributed by atoms with van der Waals surface area (Å²) in [6.07, 6.45) is 5.44. The average Bonchev–Trinajstić information content (AvgIpc) is 2.77. The summed E-state index contributed by atoms with van der Waals surface area (Å²) in [6.45, 7) is 7.60. The maximum atomic E-state index is 12.2. The van der Waals surface area contributed by atoms with Crippen molar-refractivity contribution in [1.29, 1.82) is 5.26 Å². The third-order valence-corrected chi connectivity index (χ3v) is 5.00. The quantitative estimate of drug-likeness (QED) is 0.655. The minimum absolute atomic E-state index is 0.0969. The number of likely N-dealkylation sites (tertiary alicyclic amines) is 1. The summed E-state index contributed by atoms with van der Waals surface area (Å²) in [4.78, 5) is 13.9. The Bertz CT molecular complexity index is 963. The van der Waals surface area contributed by atoms with Gasteiger partial charge in [0, 0.05) is 38.2 Å². The van der Waals surface area contributed by atoms with Crippen molar-refractivity contribution >= 4 is 17.9 Å². The number of ether oxygens (including phenoxy) is 2. The van der Waals surface area contributed by atoms with Crippen molar-refractivity contribution in [3.63, 3.8) is 0 Å². The fourth-order valence-corrected chi connectivity index (χ4v) is 3.41. The van der Waals surface area contributed by atoms with Crippen molar-refractivity contribution in [2.24, 2.45) is 0 Å². The van der Waals surface area contributed by atoms with Crippen LogP contribution in [0.15, 0.2) is 54.6 Å². The Hall–Kier alpha value is -3.46. The molecule has 0 saturated carbocycles. The molecule has 1 saturated heterocycles. The standard InChI is InChI=1S/C26H31N3O3/c1-26(2,3)32-25(30)29-16-13-24(14-17-29)31-23-11-9-22(10-12-23)28-15-5-8-20-6-4-7-21(18-20)19-27/h4-12,18,24,28H,13-17H2,1-3H3. The van der Waals surface area contributed by atoms with E-state index in [4.69, 9.17) is 14.7 Å². The van der Waals surface area contributed by atoms with Crippen LogP contribution < -0.4 is 10.1 Å². The number of carbonyl (C=O) groups excluding carboxylic acids is 1. The molecule has 0 radical (unpaired) electrons. The molecule has 1 aliphatic rings. The Morgan fingerprint density at radius 2 is 1.91 bits per heavy atom. The van der Waals surface area contributed by atoms with Gasteiger partial charge in [0.25, 0.3) is 0 Å². The van der Waals surface area contributed by atoms with Crippen LogP contribution in [0.3, 0.4) is 0 Å². The van der Waals surface area contributed by atoms with Crippen LogP contribution in [0.2, 0.25) is 0 Å². The molecule has 0 aromatic heterocycles. The topological polar surface area (TPSA) is 74.6 Å². The lowest BCUT2D eigenvalue weighted by Crippen LogP contribution is -2.44. The second kappa shape index (κ2) is 10.7. The number of anilines is 1. The Balaban J connectivity index is 1.41. The van der Waals surface area contributed by atoms with Crippen LogP contribution in [0.1, 0.15) is 44.7 Å². The highest BCUT2D eigenvalue weighted by molar-refractivity contribution is 5.68. The average molecular weight is 434 g/mol. The zero-order valence-corrected chi connectivity index (χ0v) is 19.0. The summed E-state index contributed by atoms with van der Waals surface area (Å²) in [5, 5.41) is 12.3. The zero-order valence-electron chi connectivity index (χ0n) is 19.0. The monoisotopic (exact) mass is 433 g/mol. The lowest BCUT2D eigenvalue weighted by Gasteiger charge is -2.33. The third-order valence-electron chi connectivity index (χ3n) is 5.00. The Labute approximate surface area is 190 Å². The molecule has 1 amide bonds. The Morgan fingerprint density at radius 1 is 1.19 bits per heavy atom.